The number of rotatable bonds is 9. The highest BCUT2D eigenvalue weighted by atomic mass is 32.2. The Hall–Kier alpha value is -2.25. The molecule has 0 N–H and O–H groups in total. The van der Waals surface area contributed by atoms with Gasteiger partial charge in [-0.15, -0.1) is 0 Å². The highest BCUT2D eigenvalue weighted by Crippen LogP contribution is 2.23. The molecule has 0 aliphatic carbocycles. The molecule has 0 atom stereocenters. The maximum atomic E-state index is 12.9. The van der Waals surface area contributed by atoms with E-state index in [1.54, 1.807) is 31.0 Å². The normalized spacial score (nSPS) is 11.8. The van der Waals surface area contributed by atoms with E-state index in [-0.39, 0.29) is 5.91 Å². The second-order valence-corrected chi connectivity index (χ2v) is 8.50. The third kappa shape index (κ3) is 5.42. The highest BCUT2D eigenvalue weighted by molar-refractivity contribution is 7.98. The monoisotopic (exact) mass is 430 g/mol. The van der Waals surface area contributed by atoms with Crippen LogP contribution in [-0.4, -0.2) is 36.2 Å². The minimum atomic E-state index is -0.262. The molecule has 0 saturated carbocycles. The van der Waals surface area contributed by atoms with E-state index in [9.17, 15) is 4.79 Å². The van der Waals surface area contributed by atoms with Gasteiger partial charge in [0.05, 0.1) is 23.9 Å². The summed E-state index contributed by atoms with van der Waals surface area (Å²) in [5.41, 5.74) is 1.57. The summed E-state index contributed by atoms with van der Waals surface area (Å²) in [5, 5.41) is 0. The van der Waals surface area contributed by atoms with E-state index in [0.29, 0.717) is 22.7 Å². The predicted molar refractivity (Wildman–Crippen MR) is 121 cm³/mol. The second-order valence-electron chi connectivity index (χ2n) is 6.51. The number of methoxy groups -OCH3 is 1. The minimum absolute atomic E-state index is 0.262. The van der Waals surface area contributed by atoms with Crippen LogP contribution in [0.2, 0.25) is 0 Å². The fraction of sp³-hybridized carbons (Fsp3) is 0.364. The molecule has 7 heteroatoms. The number of aryl methyl sites for hydroxylation is 1. The maximum Gasteiger partial charge on any atom is 0.279 e. The van der Waals surface area contributed by atoms with Crippen molar-refractivity contribution in [1.82, 2.24) is 4.57 Å². The lowest BCUT2D eigenvalue weighted by Gasteiger charge is -2.06. The van der Waals surface area contributed by atoms with E-state index < -0.39 is 0 Å². The van der Waals surface area contributed by atoms with Gasteiger partial charge in [-0.3, -0.25) is 4.79 Å². The van der Waals surface area contributed by atoms with Crippen molar-refractivity contribution in [2.45, 2.75) is 26.3 Å². The summed E-state index contributed by atoms with van der Waals surface area (Å²) >= 11 is 3.28. The predicted octanol–water partition coefficient (Wildman–Crippen LogP) is 4.99. The molecule has 0 spiro atoms. The van der Waals surface area contributed by atoms with Crippen molar-refractivity contribution in [2.75, 3.05) is 25.7 Å². The molecule has 0 fully saturated rings. The molecular weight excluding hydrogens is 404 g/mol. The topological polar surface area (TPSA) is 52.8 Å². The van der Waals surface area contributed by atoms with E-state index in [0.717, 1.165) is 41.1 Å². The summed E-state index contributed by atoms with van der Waals surface area (Å²) < 4.78 is 14.3. The van der Waals surface area contributed by atoms with Crippen molar-refractivity contribution in [3.05, 3.63) is 52.8 Å². The van der Waals surface area contributed by atoms with Gasteiger partial charge in [0.2, 0.25) is 0 Å². The molecule has 0 radical (unpaired) electrons. The lowest BCUT2D eigenvalue weighted by molar-refractivity contribution is 0.0997. The highest BCUT2D eigenvalue weighted by Gasteiger charge is 2.11. The first-order valence-electron chi connectivity index (χ1n) is 9.64. The number of hydrogen-bond donors (Lipinski definition) is 0. The minimum Gasteiger partial charge on any atom is -0.497 e. The van der Waals surface area contributed by atoms with E-state index in [1.165, 1.54) is 11.3 Å². The molecule has 0 unspecified atom stereocenters. The van der Waals surface area contributed by atoms with E-state index in [2.05, 4.69) is 22.7 Å². The van der Waals surface area contributed by atoms with Crippen LogP contribution in [-0.2, 0) is 6.54 Å². The number of carbonyl (C=O) groups is 1. The Morgan fingerprint density at radius 3 is 2.83 bits per heavy atom. The summed E-state index contributed by atoms with van der Waals surface area (Å²) in [4.78, 5) is 18.0. The van der Waals surface area contributed by atoms with Crippen molar-refractivity contribution in [2.24, 2.45) is 4.99 Å². The van der Waals surface area contributed by atoms with Gasteiger partial charge in [0.25, 0.3) is 5.91 Å². The number of aromatic nitrogens is 1. The molecule has 3 rings (SSSR count). The number of amides is 1. The van der Waals surface area contributed by atoms with Crippen LogP contribution in [0, 0.1) is 0 Å². The summed E-state index contributed by atoms with van der Waals surface area (Å²) in [5.74, 6) is 2.17. The number of carbonyl (C=O) groups excluding carboxylic acids is 1. The third-order valence-electron chi connectivity index (χ3n) is 4.45. The first-order chi connectivity index (χ1) is 14.2. The van der Waals surface area contributed by atoms with Crippen LogP contribution < -0.4 is 14.3 Å². The van der Waals surface area contributed by atoms with E-state index in [1.807, 2.05) is 30.3 Å². The van der Waals surface area contributed by atoms with E-state index >= 15 is 0 Å². The van der Waals surface area contributed by atoms with Gasteiger partial charge in [0, 0.05) is 23.9 Å². The fourth-order valence-corrected chi connectivity index (χ4v) is 4.26. The van der Waals surface area contributed by atoms with E-state index in [4.69, 9.17) is 9.47 Å². The second kappa shape index (κ2) is 10.5. The van der Waals surface area contributed by atoms with Gasteiger partial charge >= 0.3 is 0 Å². The summed E-state index contributed by atoms with van der Waals surface area (Å²) in [6.45, 7) is 3.55. The molecule has 0 saturated heterocycles. The largest absolute Gasteiger partial charge is 0.497 e. The van der Waals surface area contributed by atoms with Crippen molar-refractivity contribution >= 4 is 39.2 Å². The third-order valence-corrected chi connectivity index (χ3v) is 6.10. The van der Waals surface area contributed by atoms with Crippen molar-refractivity contribution in [3.8, 4) is 11.5 Å². The molecule has 5 nitrogen and oxygen atoms in total. The molecule has 0 bridgehead atoms. The van der Waals surface area contributed by atoms with Crippen LogP contribution in [0.3, 0.4) is 0 Å². The smallest absolute Gasteiger partial charge is 0.279 e. The standard InChI is InChI=1S/C22H26N2O3S2/c1-4-5-12-27-18-8-6-7-16(14-18)21(25)23-22-24(11-13-28-3)19-15-17(26-2)9-10-20(19)29-22/h6-10,14-15H,4-5,11-13H2,1-3H3. The molecule has 154 valence electrons. The Bertz CT molecular complexity index is 1040. The molecule has 0 aliphatic rings. The number of unbranched alkanes of at least 4 members (excludes halogenated alkanes) is 1. The average molecular weight is 431 g/mol. The van der Waals surface area contributed by atoms with Crippen LogP contribution >= 0.6 is 23.1 Å². The number of hydrogen-bond acceptors (Lipinski definition) is 5. The van der Waals surface area contributed by atoms with Gasteiger partial charge in [0.15, 0.2) is 4.80 Å². The zero-order chi connectivity index (χ0) is 20.6. The maximum absolute atomic E-state index is 12.9. The fourth-order valence-electron chi connectivity index (χ4n) is 2.86. The Balaban J connectivity index is 1.96. The molecule has 2 aromatic carbocycles. The molecule has 0 aliphatic heterocycles. The zero-order valence-corrected chi connectivity index (χ0v) is 18.6. The summed E-state index contributed by atoms with van der Waals surface area (Å²) in [6.07, 6.45) is 4.13. The average Bonchev–Trinajstić information content (AvgIpc) is 3.08. The molecular formula is C22H26N2O3S2. The van der Waals surface area contributed by atoms with Crippen molar-refractivity contribution < 1.29 is 14.3 Å². The number of benzene rings is 2. The van der Waals surface area contributed by atoms with Crippen molar-refractivity contribution in [3.63, 3.8) is 0 Å². The molecule has 1 aromatic heterocycles. The van der Waals surface area contributed by atoms with Crippen LogP contribution in [0.25, 0.3) is 10.2 Å². The summed E-state index contributed by atoms with van der Waals surface area (Å²) in [6, 6.07) is 13.2. The van der Waals surface area contributed by atoms with Gasteiger partial charge in [0.1, 0.15) is 11.5 Å². The molecule has 1 heterocycles. The van der Waals surface area contributed by atoms with Crippen molar-refractivity contribution in [1.29, 1.82) is 0 Å². The SMILES string of the molecule is CCCCOc1cccc(C(=O)N=c2sc3ccc(OC)cc3n2CCSC)c1. The van der Waals surface area contributed by atoms with Gasteiger partial charge < -0.3 is 14.0 Å². The Morgan fingerprint density at radius 1 is 1.21 bits per heavy atom. The number of fused-ring (bicyclic) bond motifs is 1. The number of thiazole rings is 1. The molecule has 29 heavy (non-hydrogen) atoms. The molecule has 3 aromatic rings. The van der Waals surface area contributed by atoms with Gasteiger partial charge in [-0.05, 0) is 43.0 Å². The number of ether oxygens (including phenoxy) is 2. The number of nitrogens with zero attached hydrogens (tertiary/aromatic N) is 2. The lowest BCUT2D eigenvalue weighted by Crippen LogP contribution is -2.18. The molecule has 1 amide bonds. The van der Waals surface area contributed by atoms with Gasteiger partial charge in [-0.25, -0.2) is 0 Å². The van der Waals surface area contributed by atoms with Gasteiger partial charge in [-0.1, -0.05) is 30.7 Å². The summed E-state index contributed by atoms with van der Waals surface area (Å²) in [7, 11) is 1.66. The lowest BCUT2D eigenvalue weighted by atomic mass is 10.2. The number of thioether (sulfide) groups is 1. The van der Waals surface area contributed by atoms with Crippen LogP contribution in [0.5, 0.6) is 11.5 Å². The van der Waals surface area contributed by atoms with Crippen LogP contribution in [0.4, 0.5) is 0 Å². The van der Waals surface area contributed by atoms with Gasteiger partial charge in [-0.2, -0.15) is 16.8 Å². The van der Waals surface area contributed by atoms with Crippen LogP contribution in [0.15, 0.2) is 47.5 Å². The quantitative estimate of drug-likeness (QED) is 0.449. The Kier molecular flexibility index (Phi) is 7.77. The Labute approximate surface area is 179 Å². The van der Waals surface area contributed by atoms with Crippen LogP contribution in [0.1, 0.15) is 30.1 Å². The zero-order valence-electron chi connectivity index (χ0n) is 17.0. The first kappa shape index (κ1) is 21.5. The Morgan fingerprint density at radius 2 is 2.07 bits per heavy atom. The first-order valence-corrected chi connectivity index (χ1v) is 11.9.